The summed E-state index contributed by atoms with van der Waals surface area (Å²) >= 11 is 0. The molecule has 1 aromatic carbocycles. The van der Waals surface area contributed by atoms with Crippen LogP contribution in [0.3, 0.4) is 0 Å². The molecule has 0 saturated carbocycles. The maximum absolute atomic E-state index is 12.7. The van der Waals surface area contributed by atoms with E-state index in [4.69, 9.17) is 4.74 Å². The zero-order chi connectivity index (χ0) is 16.9. The minimum Gasteiger partial charge on any atom is -0.493 e. The van der Waals surface area contributed by atoms with E-state index >= 15 is 0 Å². The molecule has 1 fully saturated rings. The summed E-state index contributed by atoms with van der Waals surface area (Å²) in [5.74, 6) is 1.94. The molecule has 3 rings (SSSR count). The van der Waals surface area contributed by atoms with Crippen molar-refractivity contribution in [2.75, 3.05) is 25.0 Å². The summed E-state index contributed by atoms with van der Waals surface area (Å²) in [6.45, 7) is 6.15. The number of aromatic nitrogens is 1. The van der Waals surface area contributed by atoms with Gasteiger partial charge in [-0.25, -0.2) is 4.98 Å². The number of amides is 1. The van der Waals surface area contributed by atoms with Crippen molar-refractivity contribution in [2.45, 2.75) is 19.9 Å². The number of hydrogen-bond donors (Lipinski definition) is 1. The summed E-state index contributed by atoms with van der Waals surface area (Å²) in [5.41, 5.74) is 0.633. The molecular weight excluding hydrogens is 302 g/mol. The van der Waals surface area contributed by atoms with Crippen molar-refractivity contribution in [1.82, 2.24) is 9.88 Å². The Hall–Kier alpha value is -2.56. The fourth-order valence-corrected chi connectivity index (χ4v) is 2.71. The first kappa shape index (κ1) is 16.3. The standard InChI is InChI=1S/C19H23N3O2/c1-14(2)21-18-17(9-6-10-20-18)19(23)22-11-15(12-22)13-24-16-7-4-3-5-8-16/h3-10,14-15H,11-13H2,1-2H3,(H,20,21). The van der Waals surface area contributed by atoms with Gasteiger partial charge in [-0.1, -0.05) is 18.2 Å². The molecule has 1 aliphatic heterocycles. The van der Waals surface area contributed by atoms with Crippen LogP contribution in [0.5, 0.6) is 5.75 Å². The van der Waals surface area contributed by atoms with Gasteiger partial charge in [0.1, 0.15) is 11.6 Å². The van der Waals surface area contributed by atoms with Crippen molar-refractivity contribution in [3.05, 3.63) is 54.2 Å². The van der Waals surface area contributed by atoms with E-state index in [-0.39, 0.29) is 11.9 Å². The third-order valence-electron chi connectivity index (χ3n) is 3.94. The molecule has 5 heteroatoms. The Balaban J connectivity index is 1.53. The number of anilines is 1. The largest absolute Gasteiger partial charge is 0.493 e. The minimum absolute atomic E-state index is 0.0298. The van der Waals surface area contributed by atoms with Gasteiger partial charge >= 0.3 is 0 Å². The van der Waals surface area contributed by atoms with Crippen molar-refractivity contribution >= 4 is 11.7 Å². The van der Waals surface area contributed by atoms with Crippen LogP contribution < -0.4 is 10.1 Å². The maximum atomic E-state index is 12.7. The molecule has 0 bridgehead atoms. The van der Waals surface area contributed by atoms with Crippen LogP contribution in [0.25, 0.3) is 0 Å². The van der Waals surface area contributed by atoms with Gasteiger partial charge in [0.05, 0.1) is 12.2 Å². The van der Waals surface area contributed by atoms with Crippen molar-refractivity contribution in [3.8, 4) is 5.75 Å². The Kier molecular flexibility index (Phi) is 4.99. The van der Waals surface area contributed by atoms with Gasteiger partial charge in [0.15, 0.2) is 0 Å². The highest BCUT2D eigenvalue weighted by Gasteiger charge is 2.32. The second kappa shape index (κ2) is 7.34. The first-order valence-corrected chi connectivity index (χ1v) is 8.32. The van der Waals surface area contributed by atoms with Crippen molar-refractivity contribution in [3.63, 3.8) is 0 Å². The summed E-state index contributed by atoms with van der Waals surface area (Å²) < 4.78 is 5.76. The summed E-state index contributed by atoms with van der Waals surface area (Å²) in [5, 5.41) is 3.23. The lowest BCUT2D eigenvalue weighted by molar-refractivity contribution is 0.0394. The molecule has 126 valence electrons. The van der Waals surface area contributed by atoms with E-state index in [1.165, 1.54) is 0 Å². The molecule has 0 unspecified atom stereocenters. The topological polar surface area (TPSA) is 54.5 Å². The number of hydrogen-bond acceptors (Lipinski definition) is 4. The van der Waals surface area contributed by atoms with Crippen molar-refractivity contribution < 1.29 is 9.53 Å². The molecule has 2 aromatic rings. The van der Waals surface area contributed by atoms with E-state index in [0.29, 0.717) is 23.9 Å². The minimum atomic E-state index is 0.0298. The highest BCUT2D eigenvalue weighted by molar-refractivity contribution is 5.99. The lowest BCUT2D eigenvalue weighted by Gasteiger charge is -2.39. The number of nitrogens with zero attached hydrogens (tertiary/aromatic N) is 2. The molecule has 0 aliphatic carbocycles. The predicted octanol–water partition coefficient (Wildman–Crippen LogP) is 3.05. The number of para-hydroxylation sites is 1. The summed E-state index contributed by atoms with van der Waals surface area (Å²) in [4.78, 5) is 18.8. The Morgan fingerprint density at radius 3 is 2.71 bits per heavy atom. The van der Waals surface area contributed by atoms with Crippen LogP contribution in [0.1, 0.15) is 24.2 Å². The van der Waals surface area contributed by atoms with Gasteiger partial charge < -0.3 is 15.0 Å². The molecule has 1 N–H and O–H groups in total. The van der Waals surface area contributed by atoms with Crippen LogP contribution in [0.4, 0.5) is 5.82 Å². The zero-order valence-corrected chi connectivity index (χ0v) is 14.1. The van der Waals surface area contributed by atoms with Crippen LogP contribution in [0.2, 0.25) is 0 Å². The molecule has 1 aliphatic rings. The molecule has 1 aromatic heterocycles. The van der Waals surface area contributed by atoms with E-state index < -0.39 is 0 Å². The molecule has 0 atom stereocenters. The molecule has 0 spiro atoms. The Bertz CT molecular complexity index is 682. The second-order valence-electron chi connectivity index (χ2n) is 6.40. The van der Waals surface area contributed by atoms with Crippen LogP contribution in [0, 0.1) is 5.92 Å². The normalized spacial score (nSPS) is 14.4. The monoisotopic (exact) mass is 325 g/mol. The molecule has 24 heavy (non-hydrogen) atoms. The lowest BCUT2D eigenvalue weighted by atomic mass is 10.00. The van der Waals surface area contributed by atoms with Crippen LogP contribution >= 0.6 is 0 Å². The van der Waals surface area contributed by atoms with Gasteiger partial charge in [0, 0.05) is 31.2 Å². The Labute approximate surface area is 142 Å². The average Bonchev–Trinajstić information content (AvgIpc) is 2.54. The van der Waals surface area contributed by atoms with Gasteiger partial charge in [-0.15, -0.1) is 0 Å². The molecular formula is C19H23N3O2. The second-order valence-corrected chi connectivity index (χ2v) is 6.40. The molecule has 2 heterocycles. The van der Waals surface area contributed by atoms with E-state index in [1.54, 1.807) is 12.3 Å². The number of carbonyl (C=O) groups excluding carboxylic acids is 1. The highest BCUT2D eigenvalue weighted by Crippen LogP contribution is 2.23. The summed E-state index contributed by atoms with van der Waals surface area (Å²) in [6.07, 6.45) is 1.70. The van der Waals surface area contributed by atoms with E-state index in [1.807, 2.05) is 55.1 Å². The third-order valence-corrected chi connectivity index (χ3v) is 3.94. The van der Waals surface area contributed by atoms with E-state index in [2.05, 4.69) is 10.3 Å². The smallest absolute Gasteiger partial charge is 0.257 e. The van der Waals surface area contributed by atoms with Crippen LogP contribution in [-0.2, 0) is 0 Å². The Morgan fingerprint density at radius 2 is 2.00 bits per heavy atom. The number of likely N-dealkylation sites (tertiary alicyclic amines) is 1. The van der Waals surface area contributed by atoms with Crippen LogP contribution in [-0.4, -0.2) is 41.5 Å². The zero-order valence-electron chi connectivity index (χ0n) is 14.1. The fraction of sp³-hybridized carbons (Fsp3) is 0.368. The number of carbonyl (C=O) groups is 1. The lowest BCUT2D eigenvalue weighted by Crippen LogP contribution is -2.52. The van der Waals surface area contributed by atoms with Gasteiger partial charge in [0.25, 0.3) is 5.91 Å². The SMILES string of the molecule is CC(C)Nc1ncccc1C(=O)N1CC(COc2ccccc2)C1. The first-order chi connectivity index (χ1) is 11.6. The third kappa shape index (κ3) is 3.85. The average molecular weight is 325 g/mol. The maximum Gasteiger partial charge on any atom is 0.257 e. The number of ether oxygens (including phenoxy) is 1. The predicted molar refractivity (Wildman–Crippen MR) is 94.3 cm³/mol. The van der Waals surface area contributed by atoms with Crippen molar-refractivity contribution in [2.24, 2.45) is 5.92 Å². The number of benzene rings is 1. The molecule has 5 nitrogen and oxygen atoms in total. The number of rotatable bonds is 6. The Morgan fingerprint density at radius 1 is 1.25 bits per heavy atom. The summed E-state index contributed by atoms with van der Waals surface area (Å²) in [7, 11) is 0. The van der Waals surface area contributed by atoms with Crippen molar-refractivity contribution in [1.29, 1.82) is 0 Å². The molecule has 1 amide bonds. The summed E-state index contributed by atoms with van der Waals surface area (Å²) in [6, 6.07) is 13.6. The molecule has 1 saturated heterocycles. The highest BCUT2D eigenvalue weighted by atomic mass is 16.5. The number of nitrogens with one attached hydrogen (secondary N) is 1. The van der Waals surface area contributed by atoms with Gasteiger partial charge in [-0.05, 0) is 38.1 Å². The van der Waals surface area contributed by atoms with Gasteiger partial charge in [-0.2, -0.15) is 0 Å². The van der Waals surface area contributed by atoms with E-state index in [0.717, 1.165) is 18.8 Å². The first-order valence-electron chi connectivity index (χ1n) is 8.32. The fourth-order valence-electron chi connectivity index (χ4n) is 2.71. The number of pyridine rings is 1. The quantitative estimate of drug-likeness (QED) is 0.887. The van der Waals surface area contributed by atoms with E-state index in [9.17, 15) is 4.79 Å². The molecule has 0 radical (unpaired) electrons. The van der Waals surface area contributed by atoms with Gasteiger partial charge in [-0.3, -0.25) is 4.79 Å². The van der Waals surface area contributed by atoms with Crippen LogP contribution in [0.15, 0.2) is 48.7 Å². The van der Waals surface area contributed by atoms with Gasteiger partial charge in [0.2, 0.25) is 0 Å².